The summed E-state index contributed by atoms with van der Waals surface area (Å²) in [5.74, 6) is -0.484. The highest BCUT2D eigenvalue weighted by Gasteiger charge is 2.12. The Morgan fingerprint density at radius 3 is 2.77 bits per heavy atom. The fourth-order valence-corrected chi connectivity index (χ4v) is 2.86. The number of aromatic nitrogens is 2. The standard InChI is InChI=1S/C15H12N2O4S/c1-21-12-7-8(6-11(18)13(12)19)22-15-16-10-5-3-2-4-9(10)14(20)17-15/h2-7,18-19H,1H3,(H,16,17,20). The van der Waals surface area contributed by atoms with Crippen molar-refractivity contribution in [1.82, 2.24) is 9.97 Å². The van der Waals surface area contributed by atoms with Crippen LogP contribution < -0.4 is 10.3 Å². The number of hydrogen-bond acceptors (Lipinski definition) is 6. The molecule has 3 N–H and O–H groups in total. The normalized spacial score (nSPS) is 10.8. The minimum absolute atomic E-state index is 0.144. The highest BCUT2D eigenvalue weighted by Crippen LogP contribution is 2.40. The largest absolute Gasteiger partial charge is 0.504 e. The molecule has 0 amide bonds. The van der Waals surface area contributed by atoms with Crippen molar-refractivity contribution in [1.29, 1.82) is 0 Å². The summed E-state index contributed by atoms with van der Waals surface area (Å²) in [4.78, 5) is 19.6. The summed E-state index contributed by atoms with van der Waals surface area (Å²) in [6.07, 6.45) is 0. The molecule has 0 unspecified atom stereocenters. The number of phenols is 2. The van der Waals surface area contributed by atoms with Crippen molar-refractivity contribution in [3.05, 3.63) is 46.8 Å². The highest BCUT2D eigenvalue weighted by molar-refractivity contribution is 7.99. The molecule has 0 atom stereocenters. The predicted molar refractivity (Wildman–Crippen MR) is 82.8 cm³/mol. The van der Waals surface area contributed by atoms with E-state index in [1.165, 1.54) is 13.2 Å². The number of para-hydroxylation sites is 1. The molecule has 112 valence electrons. The van der Waals surface area contributed by atoms with Gasteiger partial charge in [0.15, 0.2) is 16.7 Å². The summed E-state index contributed by atoms with van der Waals surface area (Å²) in [6, 6.07) is 9.95. The van der Waals surface area contributed by atoms with Crippen molar-refractivity contribution in [2.24, 2.45) is 0 Å². The topological polar surface area (TPSA) is 95.4 Å². The number of nitrogens with one attached hydrogen (secondary N) is 1. The molecule has 0 fully saturated rings. The Kier molecular flexibility index (Phi) is 3.64. The van der Waals surface area contributed by atoms with Gasteiger partial charge in [0.25, 0.3) is 5.56 Å². The summed E-state index contributed by atoms with van der Waals surface area (Å²) >= 11 is 1.15. The van der Waals surface area contributed by atoms with E-state index in [4.69, 9.17) is 4.74 Å². The number of nitrogens with zero attached hydrogens (tertiary/aromatic N) is 1. The second-order valence-corrected chi connectivity index (χ2v) is 5.55. The Morgan fingerprint density at radius 1 is 1.23 bits per heavy atom. The van der Waals surface area contributed by atoms with Gasteiger partial charge in [0.05, 0.1) is 18.0 Å². The molecule has 0 aliphatic heterocycles. The first kappa shape index (κ1) is 14.3. The Bertz CT molecular complexity index is 908. The molecule has 3 aromatic rings. The maximum Gasteiger partial charge on any atom is 0.259 e. The van der Waals surface area contributed by atoms with Crippen LogP contribution in [0.4, 0.5) is 0 Å². The molecule has 1 aromatic heterocycles. The minimum Gasteiger partial charge on any atom is -0.504 e. The van der Waals surface area contributed by atoms with Gasteiger partial charge in [-0.3, -0.25) is 4.79 Å². The van der Waals surface area contributed by atoms with Crippen LogP contribution in [0.2, 0.25) is 0 Å². The molecule has 0 aliphatic carbocycles. The number of methoxy groups -OCH3 is 1. The first-order valence-corrected chi connectivity index (χ1v) is 7.17. The lowest BCUT2D eigenvalue weighted by atomic mass is 10.2. The van der Waals surface area contributed by atoms with Crippen molar-refractivity contribution in [3.63, 3.8) is 0 Å². The van der Waals surface area contributed by atoms with Crippen LogP contribution in [-0.4, -0.2) is 27.3 Å². The Balaban J connectivity index is 2.03. The zero-order chi connectivity index (χ0) is 15.7. The van der Waals surface area contributed by atoms with E-state index >= 15 is 0 Å². The summed E-state index contributed by atoms with van der Waals surface area (Å²) in [5.41, 5.74) is 0.354. The molecule has 0 radical (unpaired) electrons. The lowest BCUT2D eigenvalue weighted by Gasteiger charge is -2.08. The predicted octanol–water partition coefficient (Wildman–Crippen LogP) is 2.49. The van der Waals surface area contributed by atoms with Crippen LogP contribution in [0.25, 0.3) is 10.9 Å². The average Bonchev–Trinajstić information content (AvgIpc) is 2.51. The van der Waals surface area contributed by atoms with Crippen LogP contribution in [0.1, 0.15) is 0 Å². The molecule has 3 rings (SSSR count). The van der Waals surface area contributed by atoms with Crippen LogP contribution in [0, 0.1) is 0 Å². The second-order valence-electron chi connectivity index (χ2n) is 4.48. The van der Waals surface area contributed by atoms with Crippen molar-refractivity contribution < 1.29 is 14.9 Å². The molecule has 0 spiro atoms. The quantitative estimate of drug-likeness (QED) is 0.507. The minimum atomic E-state index is -0.327. The molecule has 7 heteroatoms. The van der Waals surface area contributed by atoms with Gasteiger partial charge < -0.3 is 19.9 Å². The van der Waals surface area contributed by atoms with Gasteiger partial charge in [-0.2, -0.15) is 0 Å². The van der Waals surface area contributed by atoms with Crippen molar-refractivity contribution in [2.75, 3.05) is 7.11 Å². The third-order valence-corrected chi connectivity index (χ3v) is 3.91. The van der Waals surface area contributed by atoms with E-state index in [1.807, 2.05) is 0 Å². The molecular weight excluding hydrogens is 304 g/mol. The monoisotopic (exact) mass is 316 g/mol. The maximum absolute atomic E-state index is 12.0. The van der Waals surface area contributed by atoms with E-state index in [9.17, 15) is 15.0 Å². The summed E-state index contributed by atoms with van der Waals surface area (Å²) in [5, 5.41) is 20.2. The first-order valence-electron chi connectivity index (χ1n) is 6.35. The number of benzene rings is 2. The smallest absolute Gasteiger partial charge is 0.259 e. The number of ether oxygens (including phenoxy) is 1. The van der Waals surface area contributed by atoms with Gasteiger partial charge in [-0.25, -0.2) is 4.98 Å². The van der Waals surface area contributed by atoms with Crippen molar-refractivity contribution in [2.45, 2.75) is 10.1 Å². The van der Waals surface area contributed by atoms with E-state index in [0.717, 1.165) is 11.8 Å². The molecule has 22 heavy (non-hydrogen) atoms. The molecular formula is C15H12N2O4S. The van der Waals surface area contributed by atoms with E-state index in [2.05, 4.69) is 9.97 Å². The van der Waals surface area contributed by atoms with Crippen LogP contribution in [-0.2, 0) is 0 Å². The van der Waals surface area contributed by atoms with Gasteiger partial charge in [-0.05, 0) is 24.3 Å². The van der Waals surface area contributed by atoms with Gasteiger partial charge in [0.1, 0.15) is 0 Å². The lowest BCUT2D eigenvalue weighted by molar-refractivity contribution is 0.349. The molecule has 0 aliphatic rings. The van der Waals surface area contributed by atoms with Crippen LogP contribution >= 0.6 is 11.8 Å². The van der Waals surface area contributed by atoms with Gasteiger partial charge in [0.2, 0.25) is 5.75 Å². The molecule has 1 heterocycles. The van der Waals surface area contributed by atoms with Crippen LogP contribution in [0.5, 0.6) is 17.2 Å². The van der Waals surface area contributed by atoms with Gasteiger partial charge in [-0.15, -0.1) is 0 Å². The SMILES string of the molecule is COc1cc(Sc2nc3ccccc3c(=O)[nH]2)cc(O)c1O. The molecule has 0 bridgehead atoms. The zero-order valence-electron chi connectivity index (χ0n) is 11.5. The fraction of sp³-hybridized carbons (Fsp3) is 0.0667. The number of phenolic OH excluding ortho intramolecular Hbond substituents is 2. The first-order chi connectivity index (χ1) is 10.6. The van der Waals surface area contributed by atoms with Crippen LogP contribution in [0.15, 0.2) is 51.2 Å². The maximum atomic E-state index is 12.0. The zero-order valence-corrected chi connectivity index (χ0v) is 12.3. The van der Waals surface area contributed by atoms with Crippen molar-refractivity contribution >= 4 is 22.7 Å². The van der Waals surface area contributed by atoms with Crippen molar-refractivity contribution in [3.8, 4) is 17.2 Å². The van der Waals surface area contributed by atoms with E-state index in [0.29, 0.717) is 21.0 Å². The number of rotatable bonds is 3. The van der Waals surface area contributed by atoms with E-state index in [-0.39, 0.29) is 22.8 Å². The summed E-state index contributed by atoms with van der Waals surface area (Å²) in [7, 11) is 1.39. The number of H-pyrrole nitrogens is 1. The third-order valence-electron chi connectivity index (χ3n) is 3.05. The van der Waals surface area contributed by atoms with Gasteiger partial charge >= 0.3 is 0 Å². The molecule has 6 nitrogen and oxygen atoms in total. The summed E-state index contributed by atoms with van der Waals surface area (Å²) < 4.78 is 4.98. The number of fused-ring (bicyclic) bond motifs is 1. The Hall–Kier alpha value is -2.67. The Morgan fingerprint density at radius 2 is 2.00 bits per heavy atom. The second kappa shape index (κ2) is 5.61. The summed E-state index contributed by atoms with van der Waals surface area (Å²) in [6.45, 7) is 0. The number of hydrogen-bond donors (Lipinski definition) is 3. The molecule has 0 saturated heterocycles. The third kappa shape index (κ3) is 2.58. The molecule has 2 aromatic carbocycles. The Labute approximate surface area is 129 Å². The number of aromatic amines is 1. The lowest BCUT2D eigenvalue weighted by Crippen LogP contribution is -2.08. The fourth-order valence-electron chi connectivity index (χ4n) is 2.01. The van der Waals surface area contributed by atoms with E-state index < -0.39 is 0 Å². The van der Waals surface area contributed by atoms with E-state index in [1.54, 1.807) is 30.3 Å². The molecule has 0 saturated carbocycles. The highest BCUT2D eigenvalue weighted by atomic mass is 32.2. The number of aromatic hydroxyl groups is 2. The van der Waals surface area contributed by atoms with Gasteiger partial charge in [0, 0.05) is 4.90 Å². The van der Waals surface area contributed by atoms with Crippen LogP contribution in [0.3, 0.4) is 0 Å². The van der Waals surface area contributed by atoms with Gasteiger partial charge in [-0.1, -0.05) is 23.9 Å². The average molecular weight is 316 g/mol.